The molecule has 3 unspecified atom stereocenters. The van der Waals surface area contributed by atoms with Crippen LogP contribution in [-0.4, -0.2) is 41.5 Å². The largest absolute Gasteiger partial charge is 0.423 e. The van der Waals surface area contributed by atoms with Gasteiger partial charge in [-0.2, -0.15) is 0 Å². The number of carbonyl (C=O) groups excluding carboxylic acids is 2. The molecule has 0 spiro atoms. The van der Waals surface area contributed by atoms with Gasteiger partial charge in [0.1, 0.15) is 11.5 Å². The summed E-state index contributed by atoms with van der Waals surface area (Å²) in [4.78, 5) is 27.0. The summed E-state index contributed by atoms with van der Waals surface area (Å²) in [6.07, 6.45) is 11.3. The molecule has 32 heavy (non-hydrogen) atoms. The van der Waals surface area contributed by atoms with Crippen molar-refractivity contribution in [1.29, 1.82) is 0 Å². The van der Waals surface area contributed by atoms with E-state index in [1.54, 1.807) is 0 Å². The number of fused-ring (bicyclic) bond motifs is 5. The van der Waals surface area contributed by atoms with Gasteiger partial charge in [0.05, 0.1) is 0 Å². The zero-order valence-electron chi connectivity index (χ0n) is 19.1. The van der Waals surface area contributed by atoms with Gasteiger partial charge in [0.2, 0.25) is 0 Å². The molecule has 0 aromatic heterocycles. The van der Waals surface area contributed by atoms with E-state index in [0.29, 0.717) is 35.2 Å². The Balaban J connectivity index is 1.22. The topological polar surface area (TPSA) is 66.8 Å². The van der Waals surface area contributed by atoms with Gasteiger partial charge in [0.25, 0.3) is 0 Å². The van der Waals surface area contributed by atoms with Crippen LogP contribution in [0.25, 0.3) is 0 Å². The molecule has 4 atom stereocenters. The van der Waals surface area contributed by atoms with Crippen LogP contribution in [0.4, 0.5) is 0 Å². The molecule has 1 aromatic rings. The standard InChI is InChI=1S/C27H35NO4/c1-27-12-8-22-21-5-3-20(16-19(21)2-4-23(22)24(27)6-7-25(27)30)32-26(31)11-15-28-13-9-18(17-29)10-14-28/h3,5,11,15-16,18,22-24,29H,2,4,6-10,12-14,17H2,1H3/t22?,23?,24?,27-/m0/s1. The molecule has 1 heterocycles. The summed E-state index contributed by atoms with van der Waals surface area (Å²) < 4.78 is 5.61. The van der Waals surface area contributed by atoms with E-state index in [2.05, 4.69) is 24.0 Å². The zero-order valence-corrected chi connectivity index (χ0v) is 19.1. The van der Waals surface area contributed by atoms with Crippen LogP contribution < -0.4 is 4.74 Å². The number of hydrogen-bond acceptors (Lipinski definition) is 5. The molecule has 5 heteroatoms. The number of esters is 1. The number of carbonyl (C=O) groups is 2. The van der Waals surface area contributed by atoms with Gasteiger partial charge in [-0.05, 0) is 91.9 Å². The van der Waals surface area contributed by atoms with Gasteiger partial charge in [0.15, 0.2) is 0 Å². The Morgan fingerprint density at radius 2 is 2.00 bits per heavy atom. The second-order valence-electron chi connectivity index (χ2n) is 10.6. The number of aliphatic hydroxyl groups is 1. The quantitative estimate of drug-likeness (QED) is 0.434. The number of rotatable bonds is 4. The Labute approximate surface area is 190 Å². The number of aliphatic hydroxyl groups excluding tert-OH is 1. The summed E-state index contributed by atoms with van der Waals surface area (Å²) in [6.45, 7) is 4.19. The molecule has 0 bridgehead atoms. The lowest BCUT2D eigenvalue weighted by atomic mass is 9.55. The fraction of sp³-hybridized carbons (Fsp3) is 0.630. The maximum Gasteiger partial charge on any atom is 0.337 e. The Kier molecular flexibility index (Phi) is 5.87. The Morgan fingerprint density at radius 1 is 1.19 bits per heavy atom. The minimum atomic E-state index is -0.346. The monoisotopic (exact) mass is 437 g/mol. The predicted octanol–water partition coefficient (Wildman–Crippen LogP) is 4.24. The van der Waals surface area contributed by atoms with Gasteiger partial charge < -0.3 is 14.7 Å². The van der Waals surface area contributed by atoms with Crippen LogP contribution in [0.5, 0.6) is 5.75 Å². The van der Waals surface area contributed by atoms with E-state index in [-0.39, 0.29) is 18.0 Å². The Hall–Kier alpha value is -2.14. The maximum atomic E-state index is 12.5. The number of piperidine rings is 1. The molecular weight excluding hydrogens is 402 g/mol. The highest BCUT2D eigenvalue weighted by molar-refractivity contribution is 5.87. The molecule has 3 fully saturated rings. The van der Waals surface area contributed by atoms with Crippen molar-refractivity contribution < 1.29 is 19.4 Å². The second kappa shape index (κ2) is 8.66. The van der Waals surface area contributed by atoms with Crippen molar-refractivity contribution in [2.45, 2.75) is 64.2 Å². The molecule has 4 aliphatic rings. The fourth-order valence-corrected chi connectivity index (χ4v) is 6.99. The van der Waals surface area contributed by atoms with Crippen LogP contribution in [0.15, 0.2) is 30.5 Å². The van der Waals surface area contributed by atoms with Crippen molar-refractivity contribution in [3.63, 3.8) is 0 Å². The normalized spacial score (nSPS) is 32.5. The molecule has 1 aromatic carbocycles. The summed E-state index contributed by atoms with van der Waals surface area (Å²) in [6, 6.07) is 6.16. The Bertz CT molecular complexity index is 916. The zero-order chi connectivity index (χ0) is 22.3. The third kappa shape index (κ3) is 3.89. The number of ketones is 1. The Morgan fingerprint density at radius 3 is 2.78 bits per heavy atom. The average Bonchev–Trinajstić information content (AvgIpc) is 3.12. The van der Waals surface area contributed by atoms with Crippen LogP contribution >= 0.6 is 0 Å². The number of hydrogen-bond donors (Lipinski definition) is 1. The highest BCUT2D eigenvalue weighted by Crippen LogP contribution is 2.59. The van der Waals surface area contributed by atoms with Crippen LogP contribution in [0.2, 0.25) is 0 Å². The average molecular weight is 438 g/mol. The number of nitrogens with zero attached hydrogens (tertiary/aromatic N) is 1. The van der Waals surface area contributed by atoms with Crippen LogP contribution in [-0.2, 0) is 16.0 Å². The van der Waals surface area contributed by atoms with Crippen LogP contribution in [0.3, 0.4) is 0 Å². The number of Topliss-reactive ketones (excluding diaryl/α,β-unsaturated/α-hetero) is 1. The van der Waals surface area contributed by atoms with Crippen molar-refractivity contribution in [2.75, 3.05) is 19.7 Å². The summed E-state index contributed by atoms with van der Waals surface area (Å²) in [7, 11) is 0. The SMILES string of the molecule is C[C@]12CCC3c4ccc(OC(=O)C=CN5CCC(CO)CC5)cc4CCC3C1CCC2=O. The number of likely N-dealkylation sites (tertiary alicyclic amines) is 1. The molecule has 5 nitrogen and oxygen atoms in total. The van der Waals surface area contributed by atoms with Crippen molar-refractivity contribution >= 4 is 11.8 Å². The van der Waals surface area contributed by atoms with Gasteiger partial charge in [-0.1, -0.05) is 13.0 Å². The molecule has 0 amide bonds. The fourth-order valence-electron chi connectivity index (χ4n) is 6.99. The number of aryl methyl sites for hydroxylation is 1. The van der Waals surface area contributed by atoms with E-state index in [9.17, 15) is 14.7 Å². The smallest absolute Gasteiger partial charge is 0.337 e. The third-order valence-electron chi connectivity index (χ3n) is 8.95. The van der Waals surface area contributed by atoms with E-state index in [4.69, 9.17) is 4.74 Å². The highest BCUT2D eigenvalue weighted by Gasteiger charge is 2.54. The van der Waals surface area contributed by atoms with Crippen molar-refractivity contribution in [1.82, 2.24) is 4.90 Å². The van der Waals surface area contributed by atoms with Crippen molar-refractivity contribution in [2.24, 2.45) is 23.2 Å². The molecule has 1 aliphatic heterocycles. The molecule has 172 valence electrons. The lowest BCUT2D eigenvalue weighted by Gasteiger charge is -2.48. The lowest BCUT2D eigenvalue weighted by Crippen LogP contribution is -2.42. The highest BCUT2D eigenvalue weighted by atomic mass is 16.5. The predicted molar refractivity (Wildman–Crippen MR) is 122 cm³/mol. The van der Waals surface area contributed by atoms with Gasteiger partial charge in [-0.3, -0.25) is 4.79 Å². The van der Waals surface area contributed by atoms with Crippen molar-refractivity contribution in [3.05, 3.63) is 41.6 Å². The molecule has 1 N–H and O–H groups in total. The lowest BCUT2D eigenvalue weighted by molar-refractivity contribution is -0.129. The minimum absolute atomic E-state index is 0.0894. The maximum absolute atomic E-state index is 12.5. The van der Waals surface area contributed by atoms with Crippen molar-refractivity contribution in [3.8, 4) is 5.75 Å². The number of ether oxygens (including phenoxy) is 1. The minimum Gasteiger partial charge on any atom is -0.423 e. The van der Waals surface area contributed by atoms with Crippen LogP contribution in [0, 0.1) is 23.2 Å². The van der Waals surface area contributed by atoms with E-state index >= 15 is 0 Å². The second-order valence-corrected chi connectivity index (χ2v) is 10.6. The van der Waals surface area contributed by atoms with Gasteiger partial charge in [-0.25, -0.2) is 4.79 Å². The summed E-state index contributed by atoms with van der Waals surface area (Å²) in [5.74, 6) is 2.82. The molecule has 0 radical (unpaired) electrons. The first kappa shape index (κ1) is 21.7. The molecule has 3 aliphatic carbocycles. The summed E-state index contributed by atoms with van der Waals surface area (Å²) in [5.41, 5.74) is 2.62. The first-order valence-corrected chi connectivity index (χ1v) is 12.4. The summed E-state index contributed by atoms with van der Waals surface area (Å²) >= 11 is 0. The van der Waals surface area contributed by atoms with E-state index in [0.717, 1.165) is 64.5 Å². The van der Waals surface area contributed by atoms with Gasteiger partial charge >= 0.3 is 5.97 Å². The van der Waals surface area contributed by atoms with Gasteiger partial charge in [0, 0.05) is 43.8 Å². The van der Waals surface area contributed by atoms with Crippen LogP contribution in [0.1, 0.15) is 68.9 Å². The molecule has 1 saturated heterocycles. The molecule has 5 rings (SSSR count). The first-order chi connectivity index (χ1) is 15.5. The first-order valence-electron chi connectivity index (χ1n) is 12.4. The van der Waals surface area contributed by atoms with Gasteiger partial charge in [-0.15, -0.1) is 0 Å². The third-order valence-corrected chi connectivity index (χ3v) is 8.95. The summed E-state index contributed by atoms with van der Waals surface area (Å²) in [5, 5.41) is 9.25. The number of benzene rings is 1. The van der Waals surface area contributed by atoms with E-state index in [1.807, 2.05) is 12.3 Å². The molecule has 2 saturated carbocycles. The van der Waals surface area contributed by atoms with E-state index in [1.165, 1.54) is 17.2 Å². The molecular formula is C27H35NO4. The van der Waals surface area contributed by atoms with E-state index < -0.39 is 0 Å².